The lowest BCUT2D eigenvalue weighted by Gasteiger charge is -2.09. The number of carbonyl (C=O) groups is 1. The maximum absolute atomic E-state index is 11.9. The van der Waals surface area contributed by atoms with Gasteiger partial charge in [-0.3, -0.25) is 4.79 Å². The van der Waals surface area contributed by atoms with Crippen LogP contribution in [-0.2, 0) is 11.3 Å². The number of hydrogen-bond acceptors (Lipinski definition) is 2. The second-order valence-electron chi connectivity index (χ2n) is 5.00. The first-order chi connectivity index (χ1) is 10.6. The van der Waals surface area contributed by atoms with Gasteiger partial charge in [-0.25, -0.2) is 0 Å². The molecule has 2 N–H and O–H groups in total. The van der Waals surface area contributed by atoms with Crippen molar-refractivity contribution in [3.63, 3.8) is 0 Å². The fraction of sp³-hybridized carbons (Fsp3) is 0.235. The predicted octanol–water partition coefficient (Wildman–Crippen LogP) is 4.42. The van der Waals surface area contributed by atoms with E-state index in [0.29, 0.717) is 28.7 Å². The molecule has 0 saturated heterocycles. The number of amides is 1. The average molecular weight is 337 g/mol. The first kappa shape index (κ1) is 16.8. The molecule has 0 aliphatic rings. The Kier molecular flexibility index (Phi) is 6.25. The minimum absolute atomic E-state index is 0.0959. The van der Waals surface area contributed by atoms with E-state index in [1.54, 1.807) is 18.2 Å². The Morgan fingerprint density at radius 2 is 1.86 bits per heavy atom. The van der Waals surface area contributed by atoms with Gasteiger partial charge in [-0.15, -0.1) is 0 Å². The number of nitrogens with one attached hydrogen (secondary N) is 2. The van der Waals surface area contributed by atoms with E-state index in [0.717, 1.165) is 6.54 Å². The third-order valence-corrected chi connectivity index (χ3v) is 4.15. The Bertz CT molecular complexity index is 659. The second-order valence-corrected chi connectivity index (χ2v) is 5.79. The molecule has 22 heavy (non-hydrogen) atoms. The molecule has 0 fully saturated rings. The zero-order chi connectivity index (χ0) is 15.9. The Balaban J connectivity index is 1.76. The lowest BCUT2D eigenvalue weighted by atomic mass is 10.1. The molecule has 0 spiro atoms. The fourth-order valence-electron chi connectivity index (χ4n) is 2.05. The van der Waals surface area contributed by atoms with Crippen molar-refractivity contribution < 1.29 is 4.79 Å². The van der Waals surface area contributed by atoms with Crippen LogP contribution in [0.4, 0.5) is 5.69 Å². The maximum Gasteiger partial charge on any atom is 0.225 e. The van der Waals surface area contributed by atoms with Gasteiger partial charge in [0.05, 0.1) is 15.7 Å². The minimum Gasteiger partial charge on any atom is -0.325 e. The van der Waals surface area contributed by atoms with Crippen molar-refractivity contribution in [1.29, 1.82) is 0 Å². The van der Waals surface area contributed by atoms with E-state index in [9.17, 15) is 4.79 Å². The highest BCUT2D eigenvalue weighted by atomic mass is 35.5. The van der Waals surface area contributed by atoms with Crippen molar-refractivity contribution in [2.45, 2.75) is 19.9 Å². The molecule has 0 aliphatic carbocycles. The third-order valence-electron chi connectivity index (χ3n) is 3.33. The number of anilines is 1. The quantitative estimate of drug-likeness (QED) is 0.766. The minimum atomic E-state index is -0.0959. The predicted molar refractivity (Wildman–Crippen MR) is 92.6 cm³/mol. The third kappa shape index (κ3) is 4.73. The van der Waals surface area contributed by atoms with Gasteiger partial charge >= 0.3 is 0 Å². The molecule has 0 heterocycles. The van der Waals surface area contributed by atoms with Gasteiger partial charge in [0.1, 0.15) is 0 Å². The molecule has 0 unspecified atom stereocenters. The van der Waals surface area contributed by atoms with Crippen molar-refractivity contribution in [3.05, 3.63) is 63.6 Å². The van der Waals surface area contributed by atoms with Crippen LogP contribution in [-0.4, -0.2) is 12.5 Å². The van der Waals surface area contributed by atoms with Crippen LogP contribution in [0.25, 0.3) is 0 Å². The van der Waals surface area contributed by atoms with Crippen LogP contribution in [0.2, 0.25) is 10.0 Å². The highest BCUT2D eigenvalue weighted by molar-refractivity contribution is 6.43. The summed E-state index contributed by atoms with van der Waals surface area (Å²) in [6, 6.07) is 13.3. The molecule has 116 valence electrons. The first-order valence-electron chi connectivity index (χ1n) is 7.07. The summed E-state index contributed by atoms with van der Waals surface area (Å²) in [7, 11) is 0. The molecule has 0 aromatic heterocycles. The van der Waals surface area contributed by atoms with Crippen LogP contribution >= 0.6 is 23.2 Å². The van der Waals surface area contributed by atoms with Crippen molar-refractivity contribution in [2.24, 2.45) is 0 Å². The highest BCUT2D eigenvalue weighted by Gasteiger charge is 2.08. The Morgan fingerprint density at radius 3 is 2.64 bits per heavy atom. The van der Waals surface area contributed by atoms with Crippen LogP contribution < -0.4 is 10.6 Å². The molecule has 2 aromatic rings. The monoisotopic (exact) mass is 336 g/mol. The Labute approximate surface area is 140 Å². The normalized spacial score (nSPS) is 10.5. The zero-order valence-corrected chi connectivity index (χ0v) is 13.8. The van der Waals surface area contributed by atoms with E-state index < -0.39 is 0 Å². The van der Waals surface area contributed by atoms with Gasteiger partial charge in [-0.1, -0.05) is 53.5 Å². The lowest BCUT2D eigenvalue weighted by molar-refractivity contribution is -0.116. The molecule has 2 rings (SSSR count). The number of rotatable bonds is 6. The molecule has 0 saturated carbocycles. The average Bonchev–Trinajstić information content (AvgIpc) is 2.50. The molecule has 0 atom stereocenters. The molecule has 3 nitrogen and oxygen atoms in total. The van der Waals surface area contributed by atoms with Crippen LogP contribution in [0.1, 0.15) is 17.5 Å². The summed E-state index contributed by atoms with van der Waals surface area (Å²) in [5.41, 5.74) is 3.02. The van der Waals surface area contributed by atoms with Crippen molar-refractivity contribution in [2.75, 3.05) is 11.9 Å². The molecule has 0 aliphatic heterocycles. The summed E-state index contributed by atoms with van der Waals surface area (Å²) >= 11 is 11.9. The standard InChI is InChI=1S/C17H18Cl2N2O/c1-12-5-2-3-6-13(12)11-20-10-9-16(22)21-15-8-4-7-14(18)17(15)19/h2-8,20H,9-11H2,1H3,(H,21,22). The van der Waals surface area contributed by atoms with E-state index in [1.807, 2.05) is 12.1 Å². The second kappa shape index (κ2) is 8.18. The van der Waals surface area contributed by atoms with Crippen molar-refractivity contribution >= 4 is 34.8 Å². The molecule has 0 bridgehead atoms. The number of halogens is 2. The SMILES string of the molecule is Cc1ccccc1CNCCC(=O)Nc1cccc(Cl)c1Cl. The Morgan fingerprint density at radius 1 is 1.09 bits per heavy atom. The smallest absolute Gasteiger partial charge is 0.225 e. The van der Waals surface area contributed by atoms with E-state index in [1.165, 1.54) is 11.1 Å². The summed E-state index contributed by atoms with van der Waals surface area (Å²) in [6.45, 7) is 3.42. The summed E-state index contributed by atoms with van der Waals surface area (Å²) in [5.74, 6) is -0.0959. The number of carbonyl (C=O) groups excluding carboxylic acids is 1. The fourth-order valence-corrected chi connectivity index (χ4v) is 2.39. The molecule has 0 radical (unpaired) electrons. The van der Waals surface area contributed by atoms with Crippen molar-refractivity contribution in [3.8, 4) is 0 Å². The number of aryl methyl sites for hydroxylation is 1. The van der Waals surface area contributed by atoms with Gasteiger partial charge in [0.25, 0.3) is 0 Å². The van der Waals surface area contributed by atoms with Gasteiger partial charge in [0, 0.05) is 19.5 Å². The summed E-state index contributed by atoms with van der Waals surface area (Å²) in [5, 5.41) is 6.83. The van der Waals surface area contributed by atoms with Gasteiger partial charge in [0.15, 0.2) is 0 Å². The molecule has 1 amide bonds. The van der Waals surface area contributed by atoms with Gasteiger partial charge < -0.3 is 10.6 Å². The maximum atomic E-state index is 11.9. The molecule has 2 aromatic carbocycles. The lowest BCUT2D eigenvalue weighted by Crippen LogP contribution is -2.22. The van der Waals surface area contributed by atoms with E-state index in [4.69, 9.17) is 23.2 Å². The highest BCUT2D eigenvalue weighted by Crippen LogP contribution is 2.29. The van der Waals surface area contributed by atoms with Crippen LogP contribution in [0.5, 0.6) is 0 Å². The largest absolute Gasteiger partial charge is 0.325 e. The number of hydrogen-bond donors (Lipinski definition) is 2. The summed E-state index contributed by atoms with van der Waals surface area (Å²) in [6.07, 6.45) is 0.370. The van der Waals surface area contributed by atoms with Crippen LogP contribution in [0.15, 0.2) is 42.5 Å². The molecule has 5 heteroatoms. The summed E-state index contributed by atoms with van der Waals surface area (Å²) in [4.78, 5) is 11.9. The van der Waals surface area contributed by atoms with E-state index >= 15 is 0 Å². The van der Waals surface area contributed by atoms with Gasteiger partial charge in [-0.05, 0) is 30.2 Å². The molecular weight excluding hydrogens is 319 g/mol. The molecular formula is C17H18Cl2N2O. The van der Waals surface area contributed by atoms with Gasteiger partial charge in [-0.2, -0.15) is 0 Å². The van der Waals surface area contributed by atoms with E-state index in [-0.39, 0.29) is 5.91 Å². The van der Waals surface area contributed by atoms with Gasteiger partial charge in [0.2, 0.25) is 5.91 Å². The zero-order valence-electron chi connectivity index (χ0n) is 12.3. The summed E-state index contributed by atoms with van der Waals surface area (Å²) < 4.78 is 0. The van der Waals surface area contributed by atoms with E-state index in [2.05, 4.69) is 29.7 Å². The van der Waals surface area contributed by atoms with Crippen LogP contribution in [0.3, 0.4) is 0 Å². The topological polar surface area (TPSA) is 41.1 Å². The first-order valence-corrected chi connectivity index (χ1v) is 7.82. The van der Waals surface area contributed by atoms with Crippen LogP contribution in [0, 0.1) is 6.92 Å². The number of benzene rings is 2. The Hall–Kier alpha value is -1.55. The van der Waals surface area contributed by atoms with Crippen molar-refractivity contribution in [1.82, 2.24) is 5.32 Å².